The van der Waals surface area contributed by atoms with Gasteiger partial charge in [-0.25, -0.2) is 9.67 Å². The monoisotopic (exact) mass is 622 g/mol. The van der Waals surface area contributed by atoms with Crippen molar-refractivity contribution < 1.29 is 4.74 Å². The van der Waals surface area contributed by atoms with Crippen LogP contribution in [0.4, 0.5) is 0 Å². The van der Waals surface area contributed by atoms with E-state index in [0.717, 1.165) is 39.7 Å². The molecule has 0 N–H and O–H groups in total. The molecule has 5 nitrogen and oxygen atoms in total. The van der Waals surface area contributed by atoms with Crippen molar-refractivity contribution >= 4 is 21.8 Å². The molecule has 0 bridgehead atoms. The molecule has 5 heteroatoms. The van der Waals surface area contributed by atoms with Crippen LogP contribution in [0.15, 0.2) is 96.2 Å². The van der Waals surface area contributed by atoms with Gasteiger partial charge in [-0.2, -0.15) is 5.10 Å². The predicted molar refractivity (Wildman–Crippen MR) is 194 cm³/mol. The number of pyridine rings is 1. The van der Waals surface area contributed by atoms with Crippen molar-refractivity contribution in [2.45, 2.75) is 74.1 Å². The predicted octanol–water partition coefficient (Wildman–Crippen LogP) is 11.2. The molecule has 0 amide bonds. The average molecular weight is 623 g/mol. The molecular weight excluding hydrogens is 576 g/mol. The highest BCUT2D eigenvalue weighted by Gasteiger charge is 2.38. The van der Waals surface area contributed by atoms with Crippen LogP contribution in [0, 0.1) is 31.6 Å². The zero-order valence-electron chi connectivity index (χ0n) is 29.2. The summed E-state index contributed by atoms with van der Waals surface area (Å²) in [6, 6.07) is 27.5. The second kappa shape index (κ2) is 11.9. The Labute approximate surface area is 278 Å². The Balaban J connectivity index is 1.26. The fourth-order valence-corrected chi connectivity index (χ4v) is 7.98. The number of aryl methyl sites for hydroxylation is 1. The van der Waals surface area contributed by atoms with E-state index in [9.17, 15) is 0 Å². The molecule has 4 atom stereocenters. The fourth-order valence-electron chi connectivity index (χ4n) is 7.98. The smallest absolute Gasteiger partial charge is 0.137 e. The van der Waals surface area contributed by atoms with Gasteiger partial charge in [0.25, 0.3) is 0 Å². The Morgan fingerprint density at radius 2 is 1.47 bits per heavy atom. The lowest BCUT2D eigenvalue weighted by atomic mass is 9.64. The molecule has 240 valence electrons. The van der Waals surface area contributed by atoms with E-state index in [-0.39, 0.29) is 0 Å². The van der Waals surface area contributed by atoms with Crippen LogP contribution < -0.4 is 4.74 Å². The van der Waals surface area contributed by atoms with Gasteiger partial charge in [0.1, 0.15) is 17.3 Å². The van der Waals surface area contributed by atoms with Crippen LogP contribution in [0.25, 0.3) is 33.3 Å². The van der Waals surface area contributed by atoms with Crippen LogP contribution in [0.3, 0.4) is 0 Å². The fraction of sp³-hybridized carbons (Fsp3) is 0.333. The van der Waals surface area contributed by atoms with Gasteiger partial charge in [-0.15, -0.1) is 0 Å². The number of ether oxygens (including phenoxy) is 1. The van der Waals surface area contributed by atoms with Crippen molar-refractivity contribution in [3.05, 3.63) is 119 Å². The third-order valence-electron chi connectivity index (χ3n) is 11.2. The van der Waals surface area contributed by atoms with Crippen molar-refractivity contribution in [2.24, 2.45) is 17.8 Å². The molecule has 3 aromatic carbocycles. The number of fused-ring (bicyclic) bond motifs is 3. The van der Waals surface area contributed by atoms with Crippen molar-refractivity contribution in [3.8, 4) is 23.0 Å². The minimum atomic E-state index is 0.378. The lowest BCUT2D eigenvalue weighted by molar-refractivity contribution is 0.256. The summed E-state index contributed by atoms with van der Waals surface area (Å²) in [5.41, 5.74) is 11.2. The summed E-state index contributed by atoms with van der Waals surface area (Å²) in [5.74, 6) is 5.04. The first-order valence-electron chi connectivity index (χ1n) is 17.1. The van der Waals surface area contributed by atoms with E-state index in [2.05, 4.69) is 144 Å². The molecule has 0 aliphatic heterocycles. The third kappa shape index (κ3) is 5.17. The molecule has 7 rings (SSSR count). The van der Waals surface area contributed by atoms with Crippen LogP contribution in [0.5, 0.6) is 11.5 Å². The van der Waals surface area contributed by atoms with Gasteiger partial charge in [-0.1, -0.05) is 70.0 Å². The van der Waals surface area contributed by atoms with E-state index in [1.54, 1.807) is 0 Å². The van der Waals surface area contributed by atoms with E-state index < -0.39 is 0 Å². The van der Waals surface area contributed by atoms with Crippen LogP contribution >= 0.6 is 0 Å². The Hall–Kier alpha value is -4.64. The summed E-state index contributed by atoms with van der Waals surface area (Å²) < 4.78 is 10.9. The van der Waals surface area contributed by atoms with Gasteiger partial charge in [-0.05, 0) is 99.4 Å². The lowest BCUT2D eigenvalue weighted by Crippen LogP contribution is -2.30. The summed E-state index contributed by atoms with van der Waals surface area (Å²) in [4.78, 5) is 4.81. The van der Waals surface area contributed by atoms with Gasteiger partial charge in [0.2, 0.25) is 0 Å². The molecule has 3 aromatic heterocycles. The third-order valence-corrected chi connectivity index (χ3v) is 11.2. The first-order chi connectivity index (χ1) is 22.5. The van der Waals surface area contributed by atoms with Crippen LogP contribution in [-0.4, -0.2) is 19.3 Å². The molecule has 6 aromatic rings. The van der Waals surface area contributed by atoms with E-state index in [4.69, 9.17) is 14.8 Å². The number of nitrogens with zero attached hydrogens (tertiary/aromatic N) is 4. The Bertz CT molecular complexity index is 2160. The standard InChI is InChI=1S/C42H46N4O/c1-24(2)32-19-20-43-40(21-32)45-38-16-11-10-15-36(38)37-18-17-35(23-39(37)45)47-34-14-12-13-33(22-34)46-31(9)42(30(8)44-46)41-28(6)26(4)25(3)27(5)29(41)7/h10-26,28,41H,1-9H3/t25?,26-,28-,41-/m0/s1. The number of benzene rings is 3. The SMILES string of the molecule is CC1=C(C)[C@@H](c2c(C)nn(-c3cccc(Oc4ccc5c6ccccc6n(-c6cc(C(C)C)ccn6)c5c4)c3)c2C)[C@@H](C)[C@@H](C)C1C. The second-order valence-electron chi connectivity index (χ2n) is 14.1. The van der Waals surface area contributed by atoms with Crippen LogP contribution in [-0.2, 0) is 0 Å². The van der Waals surface area contributed by atoms with E-state index >= 15 is 0 Å². The van der Waals surface area contributed by atoms with Gasteiger partial charge < -0.3 is 4.74 Å². The molecule has 0 spiro atoms. The first kappa shape index (κ1) is 31.0. The molecule has 1 aliphatic rings. The van der Waals surface area contributed by atoms with Gasteiger partial charge in [0.05, 0.1) is 22.4 Å². The minimum absolute atomic E-state index is 0.378. The van der Waals surface area contributed by atoms with Gasteiger partial charge in [-0.3, -0.25) is 4.57 Å². The second-order valence-corrected chi connectivity index (χ2v) is 14.1. The summed E-state index contributed by atoms with van der Waals surface area (Å²) in [7, 11) is 0. The number of rotatable bonds is 6. The highest BCUT2D eigenvalue weighted by Crippen LogP contribution is 2.48. The summed E-state index contributed by atoms with van der Waals surface area (Å²) >= 11 is 0. The van der Waals surface area contributed by atoms with Crippen molar-refractivity contribution in [2.75, 3.05) is 0 Å². The topological polar surface area (TPSA) is 44.9 Å². The molecule has 1 unspecified atom stereocenters. The van der Waals surface area contributed by atoms with Crippen LogP contribution in [0.2, 0.25) is 0 Å². The normalized spacial score (nSPS) is 20.1. The summed E-state index contributed by atoms with van der Waals surface area (Å²) in [6.07, 6.45) is 1.91. The molecular formula is C42H46N4O. The van der Waals surface area contributed by atoms with Crippen molar-refractivity contribution in [1.29, 1.82) is 0 Å². The number of hydrogen-bond acceptors (Lipinski definition) is 3. The molecule has 0 radical (unpaired) electrons. The summed E-state index contributed by atoms with van der Waals surface area (Å²) in [6.45, 7) is 20.7. The quantitative estimate of drug-likeness (QED) is 0.174. The van der Waals surface area contributed by atoms with E-state index in [1.165, 1.54) is 38.7 Å². The molecule has 47 heavy (non-hydrogen) atoms. The summed E-state index contributed by atoms with van der Waals surface area (Å²) in [5, 5.41) is 7.47. The number of allylic oxidation sites excluding steroid dienone is 2. The maximum Gasteiger partial charge on any atom is 0.137 e. The highest BCUT2D eigenvalue weighted by atomic mass is 16.5. The Morgan fingerprint density at radius 3 is 2.26 bits per heavy atom. The van der Waals surface area contributed by atoms with Crippen molar-refractivity contribution in [3.63, 3.8) is 0 Å². The first-order valence-corrected chi connectivity index (χ1v) is 17.1. The highest BCUT2D eigenvalue weighted by molar-refractivity contribution is 6.09. The largest absolute Gasteiger partial charge is 0.457 e. The maximum absolute atomic E-state index is 6.58. The Morgan fingerprint density at radius 1 is 0.723 bits per heavy atom. The minimum Gasteiger partial charge on any atom is -0.457 e. The molecule has 0 fully saturated rings. The zero-order valence-corrected chi connectivity index (χ0v) is 29.2. The average Bonchev–Trinajstić information content (AvgIpc) is 3.56. The number of para-hydroxylation sites is 1. The Kier molecular flexibility index (Phi) is 7.82. The molecule has 3 heterocycles. The van der Waals surface area contributed by atoms with Gasteiger partial charge in [0.15, 0.2) is 0 Å². The molecule has 0 saturated heterocycles. The van der Waals surface area contributed by atoms with Gasteiger partial charge in [0, 0.05) is 46.3 Å². The number of hydrogen-bond donors (Lipinski definition) is 0. The van der Waals surface area contributed by atoms with Gasteiger partial charge >= 0.3 is 0 Å². The van der Waals surface area contributed by atoms with Crippen LogP contribution in [0.1, 0.15) is 82.8 Å². The zero-order chi connectivity index (χ0) is 33.1. The van der Waals surface area contributed by atoms with E-state index in [0.29, 0.717) is 29.6 Å². The lowest BCUT2D eigenvalue weighted by Gasteiger charge is -2.40. The maximum atomic E-state index is 6.58. The number of aromatic nitrogens is 4. The van der Waals surface area contributed by atoms with Crippen molar-refractivity contribution in [1.82, 2.24) is 19.3 Å². The molecule has 1 aliphatic carbocycles. The van der Waals surface area contributed by atoms with E-state index in [1.807, 2.05) is 12.3 Å². The molecule has 0 saturated carbocycles.